The van der Waals surface area contributed by atoms with Crippen LogP contribution in [0.2, 0.25) is 5.02 Å². The molecule has 0 fully saturated rings. The summed E-state index contributed by atoms with van der Waals surface area (Å²) in [6, 6.07) is 7.77. The van der Waals surface area contributed by atoms with Crippen LogP contribution < -0.4 is 0 Å². The summed E-state index contributed by atoms with van der Waals surface area (Å²) in [7, 11) is 3.25. The van der Waals surface area contributed by atoms with Crippen molar-refractivity contribution in [2.24, 2.45) is 4.99 Å². The quantitative estimate of drug-likeness (QED) is 0.657. The van der Waals surface area contributed by atoms with Gasteiger partial charge in [0.2, 0.25) is 5.91 Å². The Morgan fingerprint density at radius 2 is 1.93 bits per heavy atom. The van der Waals surface area contributed by atoms with Gasteiger partial charge in [-0.3, -0.25) is 14.4 Å². The van der Waals surface area contributed by atoms with Crippen molar-refractivity contribution < 1.29 is 13.6 Å². The lowest BCUT2D eigenvalue weighted by atomic mass is 9.99. The molecule has 9 heteroatoms. The average molecular weight is 416 g/mol. The van der Waals surface area contributed by atoms with Gasteiger partial charge in [-0.1, -0.05) is 17.7 Å². The Kier molecular flexibility index (Phi) is 4.87. The summed E-state index contributed by atoms with van der Waals surface area (Å²) in [6.07, 6.45) is 1.44. The van der Waals surface area contributed by atoms with Crippen LogP contribution in [0, 0.1) is 11.6 Å². The van der Waals surface area contributed by atoms with E-state index in [1.807, 2.05) is 0 Å². The predicted molar refractivity (Wildman–Crippen MR) is 104 cm³/mol. The average Bonchev–Trinajstić information content (AvgIpc) is 3.11. The lowest BCUT2D eigenvalue weighted by Crippen LogP contribution is -2.24. The summed E-state index contributed by atoms with van der Waals surface area (Å²) in [5.74, 6) is -1.32. The molecule has 0 N–H and O–H groups in total. The third kappa shape index (κ3) is 3.40. The van der Waals surface area contributed by atoms with E-state index in [1.165, 1.54) is 17.3 Å². The normalized spacial score (nSPS) is 15.2. The van der Waals surface area contributed by atoms with Crippen LogP contribution >= 0.6 is 11.6 Å². The number of nitrogens with zero attached hydrogens (tertiary/aromatic N) is 5. The highest BCUT2D eigenvalue weighted by Crippen LogP contribution is 2.34. The van der Waals surface area contributed by atoms with Crippen molar-refractivity contribution in [3.05, 3.63) is 76.3 Å². The molecule has 6 nitrogen and oxygen atoms in total. The van der Waals surface area contributed by atoms with E-state index < -0.39 is 17.7 Å². The Hall–Kier alpha value is -3.13. The SMILES string of the molecule is CN(C)C(=O)CC1N=C(c2c(F)cccc2F)c2cc(Cl)ccc2-n2cnnc21. The third-order valence-electron chi connectivity index (χ3n) is 4.70. The molecule has 2 aromatic carbocycles. The number of carbonyl (C=O) groups is 1. The van der Waals surface area contributed by atoms with E-state index in [0.29, 0.717) is 22.1 Å². The highest BCUT2D eigenvalue weighted by atomic mass is 35.5. The monoisotopic (exact) mass is 415 g/mol. The maximum absolute atomic E-state index is 14.7. The lowest BCUT2D eigenvalue weighted by molar-refractivity contribution is -0.129. The van der Waals surface area contributed by atoms with Crippen LogP contribution in [-0.2, 0) is 4.79 Å². The summed E-state index contributed by atoms with van der Waals surface area (Å²) in [5.41, 5.74) is 0.773. The molecule has 2 heterocycles. The van der Waals surface area contributed by atoms with Crippen molar-refractivity contribution in [3.63, 3.8) is 0 Å². The number of amides is 1. The third-order valence-corrected chi connectivity index (χ3v) is 4.93. The Morgan fingerprint density at radius 3 is 2.62 bits per heavy atom. The van der Waals surface area contributed by atoms with E-state index in [9.17, 15) is 13.6 Å². The molecule has 3 aromatic rings. The van der Waals surface area contributed by atoms with Crippen LogP contribution in [0.1, 0.15) is 29.4 Å². The Morgan fingerprint density at radius 1 is 1.21 bits per heavy atom. The molecule has 1 amide bonds. The fourth-order valence-corrected chi connectivity index (χ4v) is 3.43. The van der Waals surface area contributed by atoms with Gasteiger partial charge in [-0.15, -0.1) is 10.2 Å². The van der Waals surface area contributed by atoms with Crippen LogP contribution in [-0.4, -0.2) is 45.4 Å². The second kappa shape index (κ2) is 7.36. The van der Waals surface area contributed by atoms with Gasteiger partial charge in [-0.05, 0) is 30.3 Å². The Labute approximate surface area is 170 Å². The molecular formula is C20H16ClF2N5O. The molecule has 0 aliphatic carbocycles. The summed E-state index contributed by atoms with van der Waals surface area (Å²) in [5, 5.41) is 8.44. The topological polar surface area (TPSA) is 63.4 Å². The highest BCUT2D eigenvalue weighted by molar-refractivity contribution is 6.31. The molecule has 4 rings (SSSR count). The Balaban J connectivity index is 2.01. The van der Waals surface area contributed by atoms with E-state index >= 15 is 0 Å². The van der Waals surface area contributed by atoms with Gasteiger partial charge in [0.1, 0.15) is 24.0 Å². The first kappa shape index (κ1) is 19.2. The molecule has 1 atom stereocenters. The van der Waals surface area contributed by atoms with Gasteiger partial charge in [0.25, 0.3) is 0 Å². The Bertz CT molecular complexity index is 1120. The van der Waals surface area contributed by atoms with Crippen LogP contribution in [0.15, 0.2) is 47.7 Å². The molecule has 1 unspecified atom stereocenters. The van der Waals surface area contributed by atoms with Crippen molar-refractivity contribution in [1.29, 1.82) is 0 Å². The van der Waals surface area contributed by atoms with E-state index in [2.05, 4.69) is 15.2 Å². The number of halogens is 3. The van der Waals surface area contributed by atoms with Gasteiger partial charge in [-0.2, -0.15) is 0 Å². The number of rotatable bonds is 3. The number of aliphatic imine (C=N–C) groups is 1. The van der Waals surface area contributed by atoms with Gasteiger partial charge in [0.15, 0.2) is 5.82 Å². The number of fused-ring (bicyclic) bond motifs is 3. The number of aromatic nitrogens is 3. The van der Waals surface area contributed by atoms with Crippen LogP contribution in [0.4, 0.5) is 8.78 Å². The number of hydrogen-bond acceptors (Lipinski definition) is 4. The van der Waals surface area contributed by atoms with Gasteiger partial charge < -0.3 is 4.90 Å². The van der Waals surface area contributed by atoms with Gasteiger partial charge in [-0.25, -0.2) is 8.78 Å². The molecule has 1 aliphatic heterocycles. The first-order valence-electron chi connectivity index (χ1n) is 8.79. The lowest BCUT2D eigenvalue weighted by Gasteiger charge is -2.15. The van der Waals surface area contributed by atoms with E-state index in [1.54, 1.807) is 36.9 Å². The first-order valence-corrected chi connectivity index (χ1v) is 9.17. The minimum Gasteiger partial charge on any atom is -0.349 e. The van der Waals surface area contributed by atoms with Crippen LogP contribution in [0.3, 0.4) is 0 Å². The van der Waals surface area contributed by atoms with E-state index in [4.69, 9.17) is 11.6 Å². The fraction of sp³-hybridized carbons (Fsp3) is 0.200. The molecule has 148 valence electrons. The molecule has 1 aromatic heterocycles. The van der Waals surface area contributed by atoms with Crippen molar-refractivity contribution >= 4 is 23.2 Å². The highest BCUT2D eigenvalue weighted by Gasteiger charge is 2.30. The largest absolute Gasteiger partial charge is 0.349 e. The maximum atomic E-state index is 14.7. The zero-order valence-electron chi connectivity index (χ0n) is 15.6. The zero-order valence-corrected chi connectivity index (χ0v) is 16.4. The summed E-state index contributed by atoms with van der Waals surface area (Å²) >= 11 is 6.18. The van der Waals surface area contributed by atoms with E-state index in [0.717, 1.165) is 12.1 Å². The molecule has 0 saturated carbocycles. The van der Waals surface area contributed by atoms with Crippen molar-refractivity contribution in [2.45, 2.75) is 12.5 Å². The predicted octanol–water partition coefficient (Wildman–Crippen LogP) is 3.57. The number of hydrogen-bond donors (Lipinski definition) is 0. The molecule has 0 bridgehead atoms. The van der Waals surface area contributed by atoms with Crippen molar-refractivity contribution in [2.75, 3.05) is 14.1 Å². The van der Waals surface area contributed by atoms with Gasteiger partial charge in [0, 0.05) is 24.7 Å². The minimum atomic E-state index is -0.785. The second-order valence-electron chi connectivity index (χ2n) is 6.80. The smallest absolute Gasteiger partial charge is 0.224 e. The summed E-state index contributed by atoms with van der Waals surface area (Å²) in [4.78, 5) is 18.4. The van der Waals surface area contributed by atoms with Gasteiger partial charge >= 0.3 is 0 Å². The molecule has 0 saturated heterocycles. The maximum Gasteiger partial charge on any atom is 0.224 e. The van der Waals surface area contributed by atoms with E-state index in [-0.39, 0.29) is 23.6 Å². The standard InChI is InChI=1S/C20H16ClF2N5O/c1-27(2)17(29)9-15-20-26-24-10-28(20)16-7-6-11(21)8-12(16)19(25-15)18-13(22)4-3-5-14(18)23/h3-8,10,15H,9H2,1-2H3. The summed E-state index contributed by atoms with van der Waals surface area (Å²) < 4.78 is 31.0. The van der Waals surface area contributed by atoms with Gasteiger partial charge in [0.05, 0.1) is 23.4 Å². The number of carbonyl (C=O) groups excluding carboxylic acids is 1. The second-order valence-corrected chi connectivity index (χ2v) is 7.24. The molecule has 1 aliphatic rings. The molecule has 0 spiro atoms. The molecule has 29 heavy (non-hydrogen) atoms. The number of benzene rings is 2. The van der Waals surface area contributed by atoms with Crippen molar-refractivity contribution in [1.82, 2.24) is 19.7 Å². The minimum absolute atomic E-state index is 0.0347. The first-order chi connectivity index (χ1) is 13.9. The molecular weight excluding hydrogens is 400 g/mol. The fourth-order valence-electron chi connectivity index (χ4n) is 3.26. The zero-order chi connectivity index (χ0) is 20.7. The van der Waals surface area contributed by atoms with Crippen LogP contribution in [0.25, 0.3) is 5.69 Å². The van der Waals surface area contributed by atoms with Crippen molar-refractivity contribution in [3.8, 4) is 5.69 Å². The summed E-state index contributed by atoms with van der Waals surface area (Å²) in [6.45, 7) is 0. The molecule has 0 radical (unpaired) electrons. The van der Waals surface area contributed by atoms with Crippen LogP contribution in [0.5, 0.6) is 0 Å².